The lowest BCUT2D eigenvalue weighted by Crippen LogP contribution is -2.41. The van der Waals surface area contributed by atoms with Gasteiger partial charge in [-0.25, -0.2) is 0 Å². The number of hydrogen-bond acceptors (Lipinski definition) is 3. The highest BCUT2D eigenvalue weighted by atomic mass is 127. The smallest absolute Gasteiger partial charge is 0.487 e. The molecular formula is C21H24BIO3. The monoisotopic (exact) mass is 462 g/mol. The van der Waals surface area contributed by atoms with Crippen molar-refractivity contribution >= 4 is 35.8 Å². The summed E-state index contributed by atoms with van der Waals surface area (Å²) < 4.78 is 19.2. The Hall–Kier alpha value is -1.31. The second-order valence-electron chi connectivity index (χ2n) is 7.40. The van der Waals surface area contributed by atoms with Crippen molar-refractivity contribution in [3.05, 3.63) is 69.2 Å². The number of para-hydroxylation sites is 1. The molecule has 0 radical (unpaired) electrons. The van der Waals surface area contributed by atoms with Gasteiger partial charge in [-0.2, -0.15) is 0 Å². The zero-order valence-electron chi connectivity index (χ0n) is 15.7. The van der Waals surface area contributed by atoms with Crippen LogP contribution in [0.25, 0.3) is 6.08 Å². The minimum absolute atomic E-state index is 0.325. The van der Waals surface area contributed by atoms with Crippen LogP contribution in [0.4, 0.5) is 0 Å². The third kappa shape index (κ3) is 4.33. The third-order valence-electron chi connectivity index (χ3n) is 4.98. The standard InChI is InChI=1S/C21H24BIO3/c1-20(2)21(3,4)26-22(25-20)14-13-16-9-5-6-10-17(16)15-24-19-12-8-7-11-18(19)23/h5-14H,15H2,1-4H3/b14-13+. The first kappa shape index (κ1) is 19.5. The molecule has 0 N–H and O–H groups in total. The lowest BCUT2D eigenvalue weighted by atomic mass is 9.88. The number of hydrogen-bond donors (Lipinski definition) is 0. The van der Waals surface area contributed by atoms with Gasteiger partial charge in [0, 0.05) is 0 Å². The molecule has 0 bridgehead atoms. The summed E-state index contributed by atoms with van der Waals surface area (Å²) in [5, 5.41) is 0. The van der Waals surface area contributed by atoms with Crippen molar-refractivity contribution < 1.29 is 14.0 Å². The number of benzene rings is 2. The maximum Gasteiger partial charge on any atom is 0.487 e. The Kier molecular flexibility index (Phi) is 5.80. The molecule has 0 atom stereocenters. The maximum atomic E-state index is 6.03. The Balaban J connectivity index is 1.71. The first-order valence-corrected chi connectivity index (χ1v) is 9.85. The average molecular weight is 462 g/mol. The van der Waals surface area contributed by atoms with E-state index in [4.69, 9.17) is 14.0 Å². The van der Waals surface area contributed by atoms with E-state index in [-0.39, 0.29) is 18.3 Å². The highest BCUT2D eigenvalue weighted by Crippen LogP contribution is 2.37. The lowest BCUT2D eigenvalue weighted by molar-refractivity contribution is 0.00578. The second kappa shape index (κ2) is 7.75. The summed E-state index contributed by atoms with van der Waals surface area (Å²) >= 11 is 2.29. The summed E-state index contributed by atoms with van der Waals surface area (Å²) in [7, 11) is -0.343. The van der Waals surface area contributed by atoms with E-state index in [1.807, 2.05) is 42.4 Å². The fraction of sp³-hybridized carbons (Fsp3) is 0.333. The molecule has 26 heavy (non-hydrogen) atoms. The number of halogens is 1. The third-order valence-corrected chi connectivity index (χ3v) is 5.87. The molecule has 2 aromatic carbocycles. The summed E-state index contributed by atoms with van der Waals surface area (Å²) in [6.45, 7) is 8.76. The van der Waals surface area contributed by atoms with E-state index in [9.17, 15) is 0 Å². The number of ether oxygens (including phenoxy) is 1. The Morgan fingerprint density at radius 3 is 2.27 bits per heavy atom. The van der Waals surface area contributed by atoms with E-state index in [0.717, 1.165) is 20.4 Å². The van der Waals surface area contributed by atoms with Crippen molar-refractivity contribution in [2.75, 3.05) is 0 Å². The van der Waals surface area contributed by atoms with Crippen molar-refractivity contribution in [3.63, 3.8) is 0 Å². The highest BCUT2D eigenvalue weighted by Gasteiger charge is 2.49. The van der Waals surface area contributed by atoms with Gasteiger partial charge in [0.05, 0.1) is 14.8 Å². The Labute approximate surface area is 170 Å². The quantitative estimate of drug-likeness (QED) is 0.433. The van der Waals surface area contributed by atoms with Gasteiger partial charge in [0.2, 0.25) is 0 Å². The molecule has 0 aromatic heterocycles. The van der Waals surface area contributed by atoms with E-state index in [0.29, 0.717) is 6.61 Å². The first-order chi connectivity index (χ1) is 12.3. The Morgan fingerprint density at radius 1 is 0.962 bits per heavy atom. The van der Waals surface area contributed by atoms with Gasteiger partial charge in [-0.15, -0.1) is 0 Å². The summed E-state index contributed by atoms with van der Waals surface area (Å²) in [5.41, 5.74) is 1.58. The van der Waals surface area contributed by atoms with Crippen molar-refractivity contribution in [3.8, 4) is 5.75 Å². The van der Waals surface area contributed by atoms with Crippen molar-refractivity contribution in [1.82, 2.24) is 0 Å². The van der Waals surface area contributed by atoms with Gasteiger partial charge in [-0.1, -0.05) is 48.4 Å². The summed E-state index contributed by atoms with van der Waals surface area (Å²) in [5.74, 6) is 2.87. The molecule has 1 aliphatic rings. The highest BCUT2D eigenvalue weighted by molar-refractivity contribution is 14.1. The van der Waals surface area contributed by atoms with E-state index in [1.54, 1.807) is 0 Å². The van der Waals surface area contributed by atoms with Gasteiger partial charge in [-0.3, -0.25) is 0 Å². The van der Waals surface area contributed by atoms with Gasteiger partial charge in [0.1, 0.15) is 12.4 Å². The molecule has 3 nitrogen and oxygen atoms in total. The summed E-state index contributed by atoms with van der Waals surface area (Å²) in [4.78, 5) is 0. The van der Waals surface area contributed by atoms with Crippen LogP contribution in [-0.4, -0.2) is 18.3 Å². The van der Waals surface area contributed by atoms with E-state index in [1.165, 1.54) is 0 Å². The fourth-order valence-corrected chi connectivity index (χ4v) is 3.24. The SMILES string of the molecule is CC1(C)OB(/C=C/c2ccccc2COc2ccccc2I)OC1(C)C. The lowest BCUT2D eigenvalue weighted by Gasteiger charge is -2.32. The fourth-order valence-electron chi connectivity index (χ4n) is 2.69. The van der Waals surface area contributed by atoms with Crippen LogP contribution in [-0.2, 0) is 15.9 Å². The zero-order valence-corrected chi connectivity index (χ0v) is 17.8. The molecule has 0 spiro atoms. The van der Waals surface area contributed by atoms with Crippen molar-refractivity contribution in [1.29, 1.82) is 0 Å². The summed E-state index contributed by atoms with van der Waals surface area (Å²) in [6, 6.07) is 16.2. The van der Waals surface area contributed by atoms with Gasteiger partial charge >= 0.3 is 7.12 Å². The molecule has 5 heteroatoms. The molecule has 0 aliphatic carbocycles. The van der Waals surface area contributed by atoms with Crippen LogP contribution >= 0.6 is 22.6 Å². The van der Waals surface area contributed by atoms with Crippen LogP contribution in [0, 0.1) is 3.57 Å². The molecule has 1 saturated heterocycles. The molecule has 0 unspecified atom stereocenters. The molecule has 0 amide bonds. The van der Waals surface area contributed by atoms with Crippen molar-refractivity contribution in [2.24, 2.45) is 0 Å². The average Bonchev–Trinajstić information content (AvgIpc) is 2.80. The maximum absolute atomic E-state index is 6.03. The number of rotatable bonds is 5. The van der Waals surface area contributed by atoms with E-state index in [2.05, 4.69) is 68.5 Å². The van der Waals surface area contributed by atoms with Gasteiger partial charge < -0.3 is 14.0 Å². The minimum atomic E-state index is -0.343. The van der Waals surface area contributed by atoms with Gasteiger partial charge in [-0.05, 0) is 73.5 Å². The zero-order chi connectivity index (χ0) is 18.8. The molecule has 0 saturated carbocycles. The first-order valence-electron chi connectivity index (χ1n) is 8.78. The molecule has 1 heterocycles. The topological polar surface area (TPSA) is 27.7 Å². The predicted molar refractivity (Wildman–Crippen MR) is 115 cm³/mol. The molecule has 1 fully saturated rings. The van der Waals surface area contributed by atoms with E-state index < -0.39 is 0 Å². The van der Waals surface area contributed by atoms with Crippen LogP contribution in [0.1, 0.15) is 38.8 Å². The van der Waals surface area contributed by atoms with Gasteiger partial charge in [0.25, 0.3) is 0 Å². The second-order valence-corrected chi connectivity index (χ2v) is 8.56. The molecule has 136 valence electrons. The molecular weight excluding hydrogens is 438 g/mol. The minimum Gasteiger partial charge on any atom is -0.488 e. The van der Waals surface area contributed by atoms with Crippen LogP contribution < -0.4 is 4.74 Å². The van der Waals surface area contributed by atoms with Crippen LogP contribution in [0.15, 0.2) is 54.5 Å². The Bertz CT molecular complexity index is 785. The van der Waals surface area contributed by atoms with Gasteiger partial charge in [0.15, 0.2) is 0 Å². The Morgan fingerprint density at radius 2 is 1.58 bits per heavy atom. The summed E-state index contributed by atoms with van der Waals surface area (Å²) in [6.07, 6.45) is 2.05. The van der Waals surface area contributed by atoms with Crippen LogP contribution in [0.3, 0.4) is 0 Å². The van der Waals surface area contributed by atoms with Crippen LogP contribution in [0.2, 0.25) is 0 Å². The largest absolute Gasteiger partial charge is 0.488 e. The van der Waals surface area contributed by atoms with E-state index >= 15 is 0 Å². The molecule has 2 aromatic rings. The van der Waals surface area contributed by atoms with Crippen LogP contribution in [0.5, 0.6) is 5.75 Å². The van der Waals surface area contributed by atoms with Crippen molar-refractivity contribution in [2.45, 2.75) is 45.5 Å². The molecule has 1 aliphatic heterocycles. The molecule has 3 rings (SSSR count). The predicted octanol–water partition coefficient (Wildman–Crippen LogP) is 5.51. The normalized spacial score (nSPS) is 18.4.